The lowest BCUT2D eigenvalue weighted by Gasteiger charge is -2.33. The van der Waals surface area contributed by atoms with E-state index in [9.17, 15) is 4.39 Å². The average molecular weight is 423 g/mol. The fraction of sp³-hybridized carbons (Fsp3) is 0.417. The molecule has 1 saturated heterocycles. The van der Waals surface area contributed by atoms with Crippen molar-refractivity contribution in [2.75, 3.05) is 44.7 Å². The normalized spacial score (nSPS) is 18.2. The van der Waals surface area contributed by atoms with E-state index in [4.69, 9.17) is 14.2 Å². The molecule has 1 aliphatic heterocycles. The molecule has 0 spiro atoms. The third-order valence-electron chi connectivity index (χ3n) is 6.48. The zero-order valence-corrected chi connectivity index (χ0v) is 17.8. The molecule has 2 heterocycles. The zero-order valence-electron chi connectivity index (χ0n) is 17.8. The first-order valence-electron chi connectivity index (χ1n) is 10.9. The van der Waals surface area contributed by atoms with Crippen molar-refractivity contribution < 1.29 is 13.7 Å². The number of piperazine rings is 1. The van der Waals surface area contributed by atoms with Crippen LogP contribution in [0.4, 0.5) is 10.4 Å². The quantitative estimate of drug-likeness (QED) is 0.579. The van der Waals surface area contributed by atoms with Gasteiger partial charge in [0.25, 0.3) is 0 Å². The zero-order chi connectivity index (χ0) is 21.3. The summed E-state index contributed by atoms with van der Waals surface area (Å²) in [6, 6.07) is 15.5. The maximum Gasteiger partial charge on any atom is 0.324 e. The second-order valence-electron chi connectivity index (χ2n) is 8.42. The molecule has 0 atom stereocenters. The van der Waals surface area contributed by atoms with Gasteiger partial charge < -0.3 is 14.2 Å². The molecule has 1 saturated carbocycles. The van der Waals surface area contributed by atoms with E-state index in [-0.39, 0.29) is 11.2 Å². The minimum absolute atomic E-state index is 0.214. The molecule has 0 amide bonds. The number of ether oxygens (including phenoxy) is 1. The van der Waals surface area contributed by atoms with Gasteiger partial charge in [-0.25, -0.2) is 4.39 Å². The fourth-order valence-electron chi connectivity index (χ4n) is 4.35. The molecule has 0 unspecified atom stereocenters. The van der Waals surface area contributed by atoms with Crippen LogP contribution in [0.25, 0.3) is 0 Å². The van der Waals surface area contributed by atoms with Gasteiger partial charge in [0.2, 0.25) is 0 Å². The highest BCUT2D eigenvalue weighted by Crippen LogP contribution is 2.52. The van der Waals surface area contributed by atoms with Crippen LogP contribution in [0.1, 0.15) is 29.8 Å². The van der Waals surface area contributed by atoms with E-state index in [1.54, 1.807) is 7.11 Å². The summed E-state index contributed by atoms with van der Waals surface area (Å²) in [5.74, 6) is 1.40. The first-order valence-corrected chi connectivity index (χ1v) is 10.9. The van der Waals surface area contributed by atoms with Crippen molar-refractivity contribution >= 4 is 6.01 Å². The number of halogens is 1. The van der Waals surface area contributed by atoms with E-state index in [1.807, 2.05) is 24.3 Å². The largest absolute Gasteiger partial charge is 0.497 e. The molecule has 2 fully saturated rings. The molecule has 0 bridgehead atoms. The van der Waals surface area contributed by atoms with Gasteiger partial charge in [-0.05, 0) is 54.7 Å². The van der Waals surface area contributed by atoms with Crippen molar-refractivity contribution in [2.24, 2.45) is 0 Å². The first kappa shape index (κ1) is 20.0. The molecule has 2 aliphatic rings. The molecule has 0 radical (unpaired) electrons. The van der Waals surface area contributed by atoms with Crippen LogP contribution in [0.5, 0.6) is 5.75 Å². The van der Waals surface area contributed by atoms with Crippen LogP contribution in [-0.4, -0.2) is 54.9 Å². The second kappa shape index (κ2) is 8.30. The SMILES string of the molecule is COc1cccc(CCN2CCN(c3nc(C4(c5ccc(F)cc5)CC4)no3)CC2)c1. The van der Waals surface area contributed by atoms with E-state index in [0.717, 1.165) is 69.1 Å². The van der Waals surface area contributed by atoms with Gasteiger partial charge in [-0.15, -0.1) is 0 Å². The summed E-state index contributed by atoms with van der Waals surface area (Å²) in [5, 5.41) is 4.29. The van der Waals surface area contributed by atoms with Crippen molar-refractivity contribution in [3.8, 4) is 5.75 Å². The van der Waals surface area contributed by atoms with Crippen LogP contribution in [0, 0.1) is 5.82 Å². The van der Waals surface area contributed by atoms with Crippen LogP contribution in [-0.2, 0) is 11.8 Å². The minimum atomic E-state index is -0.224. The minimum Gasteiger partial charge on any atom is -0.497 e. The van der Waals surface area contributed by atoms with Crippen LogP contribution in [0.15, 0.2) is 53.1 Å². The first-order chi connectivity index (χ1) is 15.2. The highest BCUT2D eigenvalue weighted by atomic mass is 19.1. The Balaban J connectivity index is 1.17. The predicted octanol–water partition coefficient (Wildman–Crippen LogP) is 3.66. The van der Waals surface area contributed by atoms with Gasteiger partial charge >= 0.3 is 6.01 Å². The lowest BCUT2D eigenvalue weighted by molar-refractivity contribution is 0.253. The van der Waals surface area contributed by atoms with E-state index in [0.29, 0.717) is 6.01 Å². The van der Waals surface area contributed by atoms with Crippen LogP contribution >= 0.6 is 0 Å². The highest BCUT2D eigenvalue weighted by Gasteiger charge is 2.50. The summed E-state index contributed by atoms with van der Waals surface area (Å²) >= 11 is 0. The molecule has 3 aromatic rings. The summed E-state index contributed by atoms with van der Waals surface area (Å²) in [5.41, 5.74) is 2.14. The van der Waals surface area contributed by atoms with Gasteiger partial charge in [-0.1, -0.05) is 29.4 Å². The molecule has 6 nitrogen and oxygen atoms in total. The number of nitrogens with zero attached hydrogens (tertiary/aromatic N) is 4. The maximum absolute atomic E-state index is 13.3. The highest BCUT2D eigenvalue weighted by molar-refractivity contribution is 5.41. The molecule has 2 aromatic carbocycles. The summed E-state index contributed by atoms with van der Waals surface area (Å²) < 4.78 is 24.2. The fourth-order valence-corrected chi connectivity index (χ4v) is 4.35. The summed E-state index contributed by atoms with van der Waals surface area (Å²) in [4.78, 5) is 9.36. The molecule has 5 rings (SSSR count). The molecule has 1 aromatic heterocycles. The van der Waals surface area contributed by atoms with Gasteiger partial charge in [0.05, 0.1) is 12.5 Å². The van der Waals surface area contributed by atoms with Crippen molar-refractivity contribution in [2.45, 2.75) is 24.7 Å². The summed E-state index contributed by atoms with van der Waals surface area (Å²) in [6.07, 6.45) is 2.94. The summed E-state index contributed by atoms with van der Waals surface area (Å²) in [6.45, 7) is 4.67. The Morgan fingerprint density at radius 3 is 2.55 bits per heavy atom. The Bertz CT molecular complexity index is 1020. The molecule has 31 heavy (non-hydrogen) atoms. The number of hydrogen-bond donors (Lipinski definition) is 0. The molecule has 0 N–H and O–H groups in total. The van der Waals surface area contributed by atoms with E-state index < -0.39 is 0 Å². The average Bonchev–Trinajstić information content (AvgIpc) is 3.47. The lowest BCUT2D eigenvalue weighted by atomic mass is 9.95. The standard InChI is InChI=1S/C24H27FN4O2/c1-30-21-4-2-3-18(17-21)9-12-28-13-15-29(16-14-28)23-26-22(27-31-23)24(10-11-24)19-5-7-20(25)8-6-19/h2-8,17H,9-16H2,1H3. The third kappa shape index (κ3) is 4.14. The number of methoxy groups -OCH3 is 1. The van der Waals surface area contributed by atoms with Crippen LogP contribution < -0.4 is 9.64 Å². The summed E-state index contributed by atoms with van der Waals surface area (Å²) in [7, 11) is 1.70. The number of aromatic nitrogens is 2. The Hall–Kier alpha value is -2.93. The van der Waals surface area contributed by atoms with Gasteiger partial charge in [0.15, 0.2) is 5.82 Å². The third-order valence-corrected chi connectivity index (χ3v) is 6.48. The molecular formula is C24H27FN4O2. The predicted molar refractivity (Wildman–Crippen MR) is 116 cm³/mol. The monoisotopic (exact) mass is 422 g/mol. The second-order valence-corrected chi connectivity index (χ2v) is 8.42. The lowest BCUT2D eigenvalue weighted by Crippen LogP contribution is -2.47. The molecule has 162 valence electrons. The van der Waals surface area contributed by atoms with Gasteiger partial charge in [0, 0.05) is 32.7 Å². The van der Waals surface area contributed by atoms with E-state index in [2.05, 4.69) is 27.1 Å². The molecule has 1 aliphatic carbocycles. The molecule has 7 heteroatoms. The number of rotatable bonds is 7. The van der Waals surface area contributed by atoms with E-state index >= 15 is 0 Å². The van der Waals surface area contributed by atoms with Gasteiger partial charge in [-0.2, -0.15) is 4.98 Å². The van der Waals surface area contributed by atoms with Crippen molar-refractivity contribution in [1.29, 1.82) is 0 Å². The van der Waals surface area contributed by atoms with Crippen molar-refractivity contribution in [3.63, 3.8) is 0 Å². The van der Waals surface area contributed by atoms with Crippen LogP contribution in [0.3, 0.4) is 0 Å². The van der Waals surface area contributed by atoms with Crippen LogP contribution in [0.2, 0.25) is 0 Å². The Morgan fingerprint density at radius 1 is 1.06 bits per heavy atom. The molecular weight excluding hydrogens is 395 g/mol. The van der Waals surface area contributed by atoms with Gasteiger partial charge in [0.1, 0.15) is 11.6 Å². The van der Waals surface area contributed by atoms with Crippen molar-refractivity contribution in [3.05, 3.63) is 71.3 Å². The van der Waals surface area contributed by atoms with E-state index in [1.165, 1.54) is 17.7 Å². The number of anilines is 1. The Morgan fingerprint density at radius 2 is 1.84 bits per heavy atom. The maximum atomic E-state index is 13.3. The van der Waals surface area contributed by atoms with Crippen molar-refractivity contribution in [1.82, 2.24) is 15.0 Å². The number of benzene rings is 2. The number of hydrogen-bond acceptors (Lipinski definition) is 6. The topological polar surface area (TPSA) is 54.6 Å². The Labute approximate surface area is 181 Å². The van der Waals surface area contributed by atoms with Gasteiger partial charge in [-0.3, -0.25) is 4.90 Å². The smallest absolute Gasteiger partial charge is 0.324 e. The Kier molecular flexibility index (Phi) is 5.36.